The first-order chi connectivity index (χ1) is 18.1. The molecule has 202 valence electrons. The second-order valence-electron chi connectivity index (χ2n) is 8.53. The van der Waals surface area contributed by atoms with E-state index in [1.165, 1.54) is 30.0 Å². The van der Waals surface area contributed by atoms with Crippen molar-refractivity contribution in [3.8, 4) is 0 Å². The van der Waals surface area contributed by atoms with Crippen molar-refractivity contribution in [1.29, 1.82) is 0 Å². The van der Waals surface area contributed by atoms with Crippen molar-refractivity contribution >= 4 is 76.3 Å². The average molecular weight is 599 g/mol. The Balaban J connectivity index is 1.50. The van der Waals surface area contributed by atoms with Crippen molar-refractivity contribution in [2.24, 2.45) is 5.92 Å². The standard InChI is InChI=1S/C26H26Cl3N3O5S/c1-38-20-8-4-15(22(28)23(20)29)5-9-21(33)32-12-10-17(11-13-32)25(35)31-19(26(36)37)14-30-24(34)16-2-6-18(27)7-3-16/h2-9,17,19H,10-14H2,1H3,(H,30,34)(H,31,35)(H,36,37)/t19-/m0/s1. The fraction of sp³-hybridized carbons (Fsp3) is 0.308. The molecule has 3 N–H and O–H groups in total. The molecule has 2 aromatic rings. The lowest BCUT2D eigenvalue weighted by atomic mass is 9.95. The van der Waals surface area contributed by atoms with E-state index in [4.69, 9.17) is 34.8 Å². The van der Waals surface area contributed by atoms with Gasteiger partial charge in [0.05, 0.1) is 10.0 Å². The predicted octanol–water partition coefficient (Wildman–Crippen LogP) is 4.62. The van der Waals surface area contributed by atoms with Crippen LogP contribution >= 0.6 is 46.6 Å². The highest BCUT2D eigenvalue weighted by molar-refractivity contribution is 7.98. The van der Waals surface area contributed by atoms with Gasteiger partial charge in [-0.2, -0.15) is 0 Å². The van der Waals surface area contributed by atoms with Crippen molar-refractivity contribution in [2.45, 2.75) is 23.8 Å². The number of hydrogen-bond acceptors (Lipinski definition) is 5. The molecule has 0 saturated carbocycles. The van der Waals surface area contributed by atoms with E-state index in [-0.39, 0.29) is 12.5 Å². The van der Waals surface area contributed by atoms with Crippen molar-refractivity contribution in [3.63, 3.8) is 0 Å². The van der Waals surface area contributed by atoms with Gasteiger partial charge >= 0.3 is 5.97 Å². The second-order valence-corrected chi connectivity index (χ2v) is 10.6. The fourth-order valence-corrected chi connectivity index (χ4v) is 5.15. The molecule has 3 rings (SSSR count). The van der Waals surface area contributed by atoms with Crippen LogP contribution in [0.15, 0.2) is 47.4 Å². The first-order valence-electron chi connectivity index (χ1n) is 11.7. The van der Waals surface area contributed by atoms with Gasteiger partial charge in [0.1, 0.15) is 6.04 Å². The molecule has 1 atom stereocenters. The largest absolute Gasteiger partial charge is 0.480 e. The third-order valence-corrected chi connectivity index (χ3v) is 8.11. The number of thioether (sulfide) groups is 1. The molecule has 1 fully saturated rings. The van der Waals surface area contributed by atoms with E-state index < -0.39 is 29.7 Å². The van der Waals surface area contributed by atoms with Crippen LogP contribution in [0.25, 0.3) is 6.08 Å². The van der Waals surface area contributed by atoms with Gasteiger partial charge in [0.2, 0.25) is 11.8 Å². The number of likely N-dealkylation sites (tertiary alicyclic amines) is 1. The SMILES string of the molecule is CSc1ccc(C=CC(=O)N2CCC(C(=O)N[C@@H](CNC(=O)c3ccc(Cl)cc3)C(=O)O)CC2)c(Cl)c1Cl. The summed E-state index contributed by atoms with van der Waals surface area (Å²) >= 11 is 19.8. The van der Waals surface area contributed by atoms with E-state index in [9.17, 15) is 24.3 Å². The van der Waals surface area contributed by atoms with E-state index >= 15 is 0 Å². The Morgan fingerprint density at radius 1 is 1.05 bits per heavy atom. The number of hydrogen-bond donors (Lipinski definition) is 3. The van der Waals surface area contributed by atoms with Crippen molar-refractivity contribution in [3.05, 3.63) is 68.7 Å². The summed E-state index contributed by atoms with van der Waals surface area (Å²) in [5.41, 5.74) is 0.943. The number of nitrogens with one attached hydrogen (secondary N) is 2. The summed E-state index contributed by atoms with van der Waals surface area (Å²) in [6, 6.07) is 8.46. The minimum atomic E-state index is -1.30. The zero-order chi connectivity index (χ0) is 27.8. The third-order valence-electron chi connectivity index (χ3n) is 6.07. The van der Waals surface area contributed by atoms with Crippen molar-refractivity contribution < 1.29 is 24.3 Å². The molecule has 0 radical (unpaired) electrons. The minimum Gasteiger partial charge on any atom is -0.480 e. The Labute approximate surface area is 239 Å². The molecule has 12 heteroatoms. The Bertz CT molecular complexity index is 1230. The molecule has 3 amide bonds. The molecule has 0 unspecified atom stereocenters. The summed E-state index contributed by atoms with van der Waals surface area (Å²) < 4.78 is 0. The summed E-state index contributed by atoms with van der Waals surface area (Å²) in [6.07, 6.45) is 5.67. The smallest absolute Gasteiger partial charge is 0.328 e. The van der Waals surface area contributed by atoms with Crippen LogP contribution in [0.5, 0.6) is 0 Å². The monoisotopic (exact) mass is 597 g/mol. The number of nitrogens with zero attached hydrogens (tertiary/aromatic N) is 1. The van der Waals surface area contributed by atoms with Crippen LogP contribution in [0.2, 0.25) is 15.1 Å². The normalized spacial score (nSPS) is 14.8. The van der Waals surface area contributed by atoms with Gasteiger partial charge in [-0.25, -0.2) is 4.79 Å². The molecular weight excluding hydrogens is 573 g/mol. The van der Waals surface area contributed by atoms with Gasteiger partial charge in [0.25, 0.3) is 5.91 Å². The van der Waals surface area contributed by atoms with Gasteiger partial charge in [0.15, 0.2) is 0 Å². The average Bonchev–Trinajstić information content (AvgIpc) is 2.91. The number of carboxylic acid groups (broad SMARTS) is 1. The summed E-state index contributed by atoms with van der Waals surface area (Å²) in [5.74, 6) is -2.86. The van der Waals surface area contributed by atoms with Crippen LogP contribution in [-0.4, -0.2) is 65.6 Å². The van der Waals surface area contributed by atoms with Gasteiger partial charge in [-0.05, 0) is 61.1 Å². The molecule has 1 aliphatic heterocycles. The maximum atomic E-state index is 12.7. The van der Waals surface area contributed by atoms with Gasteiger partial charge < -0.3 is 20.6 Å². The lowest BCUT2D eigenvalue weighted by Crippen LogP contribution is -2.51. The highest BCUT2D eigenvalue weighted by Gasteiger charge is 2.30. The summed E-state index contributed by atoms with van der Waals surface area (Å²) in [6.45, 7) is 0.396. The molecule has 38 heavy (non-hydrogen) atoms. The molecule has 8 nitrogen and oxygen atoms in total. The molecule has 0 aliphatic carbocycles. The third kappa shape index (κ3) is 7.89. The Morgan fingerprint density at radius 2 is 1.71 bits per heavy atom. The van der Waals surface area contributed by atoms with Gasteiger partial charge in [-0.15, -0.1) is 11.8 Å². The molecule has 1 saturated heterocycles. The molecule has 0 bridgehead atoms. The summed E-state index contributed by atoms with van der Waals surface area (Å²) in [4.78, 5) is 51.8. The number of piperidine rings is 1. The maximum Gasteiger partial charge on any atom is 0.328 e. The number of carbonyl (C=O) groups excluding carboxylic acids is 3. The number of carbonyl (C=O) groups is 4. The summed E-state index contributed by atoms with van der Waals surface area (Å²) in [5, 5.41) is 15.8. The molecular formula is C26H26Cl3N3O5S. The quantitative estimate of drug-likeness (QED) is 0.287. The fourth-order valence-electron chi connectivity index (χ4n) is 3.85. The zero-order valence-corrected chi connectivity index (χ0v) is 23.5. The summed E-state index contributed by atoms with van der Waals surface area (Å²) in [7, 11) is 0. The van der Waals surface area contributed by atoms with E-state index in [1.807, 2.05) is 12.3 Å². The van der Waals surface area contributed by atoms with Crippen molar-refractivity contribution in [2.75, 3.05) is 25.9 Å². The topological polar surface area (TPSA) is 116 Å². The van der Waals surface area contributed by atoms with Crippen LogP contribution in [0.4, 0.5) is 0 Å². The zero-order valence-electron chi connectivity index (χ0n) is 20.4. The van der Waals surface area contributed by atoms with Gasteiger partial charge in [-0.3, -0.25) is 14.4 Å². The van der Waals surface area contributed by atoms with Crippen molar-refractivity contribution in [1.82, 2.24) is 15.5 Å². The predicted molar refractivity (Wildman–Crippen MR) is 150 cm³/mol. The highest BCUT2D eigenvalue weighted by Crippen LogP contribution is 2.35. The Morgan fingerprint density at radius 3 is 2.32 bits per heavy atom. The van der Waals surface area contributed by atoms with Gasteiger partial charge in [0, 0.05) is 47.1 Å². The van der Waals surface area contributed by atoms with E-state index in [2.05, 4.69) is 10.6 Å². The molecule has 1 aliphatic rings. The van der Waals surface area contributed by atoms with E-state index in [1.54, 1.807) is 29.2 Å². The van der Waals surface area contributed by atoms with Crippen LogP contribution in [0.3, 0.4) is 0 Å². The second kappa shape index (κ2) is 13.9. The number of benzene rings is 2. The molecule has 0 spiro atoms. The first-order valence-corrected chi connectivity index (χ1v) is 14.0. The Hall–Kier alpha value is -2.72. The Kier molecular flexibility index (Phi) is 10.9. The van der Waals surface area contributed by atoms with Crippen LogP contribution in [0, 0.1) is 5.92 Å². The van der Waals surface area contributed by atoms with E-state index in [0.29, 0.717) is 52.1 Å². The molecule has 0 aromatic heterocycles. The molecule has 1 heterocycles. The number of amides is 3. The number of aliphatic carboxylic acids is 1. The lowest BCUT2D eigenvalue weighted by molar-refractivity contribution is -0.142. The van der Waals surface area contributed by atoms with Crippen LogP contribution in [0.1, 0.15) is 28.8 Å². The number of halogens is 3. The van der Waals surface area contributed by atoms with E-state index in [0.717, 1.165) is 4.90 Å². The lowest BCUT2D eigenvalue weighted by Gasteiger charge is -2.31. The first kappa shape index (κ1) is 29.8. The number of rotatable bonds is 9. The minimum absolute atomic E-state index is 0.224. The highest BCUT2D eigenvalue weighted by atomic mass is 35.5. The van der Waals surface area contributed by atoms with Crippen LogP contribution < -0.4 is 10.6 Å². The number of carboxylic acids is 1. The molecule has 2 aromatic carbocycles. The van der Waals surface area contributed by atoms with Gasteiger partial charge in [-0.1, -0.05) is 40.9 Å². The maximum absolute atomic E-state index is 12.7. The van der Waals surface area contributed by atoms with Crippen LogP contribution in [-0.2, 0) is 14.4 Å².